The van der Waals surface area contributed by atoms with Crippen LogP contribution >= 0.6 is 0 Å². The number of hydrogen-bond donors (Lipinski definition) is 3. The third kappa shape index (κ3) is 4.19. The van der Waals surface area contributed by atoms with Crippen LogP contribution in [0.15, 0.2) is 47.1 Å². The summed E-state index contributed by atoms with van der Waals surface area (Å²) in [4.78, 5) is 16.3. The van der Waals surface area contributed by atoms with Crippen LogP contribution in [0.1, 0.15) is 24.1 Å². The average Bonchev–Trinajstić information content (AvgIpc) is 3.24. The van der Waals surface area contributed by atoms with E-state index >= 15 is 0 Å². The number of para-hydroxylation sites is 2. The quantitative estimate of drug-likeness (QED) is 0.575. The van der Waals surface area contributed by atoms with E-state index in [1.807, 2.05) is 31.2 Å². The zero-order valence-corrected chi connectivity index (χ0v) is 14.1. The van der Waals surface area contributed by atoms with Gasteiger partial charge in [0.1, 0.15) is 17.7 Å². The molecule has 3 rings (SSSR count). The maximum Gasteiger partial charge on any atom is 0.314 e. The molecule has 3 aromatic rings. The highest BCUT2D eigenvalue weighted by Gasteiger charge is 2.11. The molecule has 0 aliphatic heterocycles. The van der Waals surface area contributed by atoms with E-state index in [-0.39, 0.29) is 12.6 Å². The van der Waals surface area contributed by atoms with E-state index in [1.165, 1.54) is 6.26 Å². The van der Waals surface area contributed by atoms with E-state index in [9.17, 15) is 9.90 Å². The van der Waals surface area contributed by atoms with Gasteiger partial charge in [-0.15, -0.1) is 0 Å². The molecule has 7 heteroatoms. The molecule has 7 nitrogen and oxygen atoms in total. The first-order chi connectivity index (χ1) is 12.1. The van der Waals surface area contributed by atoms with Crippen molar-refractivity contribution in [3.63, 3.8) is 0 Å². The van der Waals surface area contributed by atoms with Crippen molar-refractivity contribution in [2.24, 2.45) is 0 Å². The van der Waals surface area contributed by atoms with Gasteiger partial charge in [-0.1, -0.05) is 12.1 Å². The Labute approximate surface area is 145 Å². The zero-order valence-electron chi connectivity index (χ0n) is 14.1. The fourth-order valence-electron chi connectivity index (χ4n) is 2.75. The Hall–Kier alpha value is -2.80. The summed E-state index contributed by atoms with van der Waals surface area (Å²) in [7, 11) is 0. The number of nitrogens with zero attached hydrogens (tertiary/aromatic N) is 2. The van der Waals surface area contributed by atoms with Crippen LogP contribution in [0.5, 0.6) is 0 Å². The summed E-state index contributed by atoms with van der Waals surface area (Å²) in [6, 6.07) is 11.1. The van der Waals surface area contributed by atoms with Crippen LogP contribution in [0.25, 0.3) is 11.0 Å². The summed E-state index contributed by atoms with van der Waals surface area (Å²) in [6.07, 6.45) is 1.43. The summed E-state index contributed by atoms with van der Waals surface area (Å²) >= 11 is 0. The SMILES string of the molecule is Cc1nc2ccccc2n1CCCNC(=O)NCC(O)c1ccco1. The van der Waals surface area contributed by atoms with Gasteiger partial charge >= 0.3 is 6.03 Å². The molecule has 2 amide bonds. The third-order valence-corrected chi connectivity index (χ3v) is 4.02. The number of fused-ring (bicyclic) bond motifs is 1. The molecule has 0 aliphatic carbocycles. The summed E-state index contributed by atoms with van der Waals surface area (Å²) in [5, 5.41) is 15.3. The lowest BCUT2D eigenvalue weighted by Gasteiger charge is -2.11. The first-order valence-electron chi connectivity index (χ1n) is 8.30. The number of aliphatic hydroxyl groups is 1. The Morgan fingerprint density at radius 3 is 2.92 bits per heavy atom. The van der Waals surface area contributed by atoms with Gasteiger partial charge < -0.3 is 24.7 Å². The Bertz CT molecular complexity index is 826. The fourth-order valence-corrected chi connectivity index (χ4v) is 2.75. The molecule has 0 saturated heterocycles. The average molecular weight is 342 g/mol. The van der Waals surface area contributed by atoms with Crippen molar-refractivity contribution < 1.29 is 14.3 Å². The highest BCUT2D eigenvalue weighted by molar-refractivity contribution is 5.76. The van der Waals surface area contributed by atoms with Gasteiger partial charge in [0.05, 0.1) is 23.8 Å². The van der Waals surface area contributed by atoms with E-state index in [2.05, 4.69) is 20.2 Å². The molecule has 0 radical (unpaired) electrons. The minimum absolute atomic E-state index is 0.102. The molecule has 2 heterocycles. The Kier molecular flexibility index (Phi) is 5.35. The van der Waals surface area contributed by atoms with Crippen molar-refractivity contribution in [1.82, 2.24) is 20.2 Å². The Morgan fingerprint density at radius 1 is 1.28 bits per heavy atom. The van der Waals surface area contributed by atoms with Crippen molar-refractivity contribution in [2.75, 3.05) is 13.1 Å². The number of hydrogen-bond acceptors (Lipinski definition) is 4. The molecular formula is C18H22N4O3. The number of benzene rings is 1. The predicted octanol–water partition coefficient (Wildman–Crippen LogP) is 2.36. The van der Waals surface area contributed by atoms with Crippen molar-refractivity contribution in [2.45, 2.75) is 26.0 Å². The smallest absolute Gasteiger partial charge is 0.314 e. The van der Waals surface area contributed by atoms with Gasteiger partial charge in [-0.3, -0.25) is 0 Å². The van der Waals surface area contributed by atoms with Crippen LogP contribution in [-0.4, -0.2) is 33.8 Å². The normalized spacial score (nSPS) is 12.2. The summed E-state index contributed by atoms with van der Waals surface area (Å²) in [6.45, 7) is 3.40. The summed E-state index contributed by atoms with van der Waals surface area (Å²) in [5.41, 5.74) is 2.09. The highest BCUT2D eigenvalue weighted by Crippen LogP contribution is 2.15. The van der Waals surface area contributed by atoms with E-state index in [0.29, 0.717) is 12.3 Å². The van der Waals surface area contributed by atoms with Gasteiger partial charge in [0.2, 0.25) is 0 Å². The van der Waals surface area contributed by atoms with E-state index in [0.717, 1.165) is 29.8 Å². The van der Waals surface area contributed by atoms with Crippen LogP contribution in [0.2, 0.25) is 0 Å². The second-order valence-corrected chi connectivity index (χ2v) is 5.82. The highest BCUT2D eigenvalue weighted by atomic mass is 16.4. The first-order valence-corrected chi connectivity index (χ1v) is 8.30. The van der Waals surface area contributed by atoms with E-state index in [4.69, 9.17) is 4.42 Å². The van der Waals surface area contributed by atoms with E-state index in [1.54, 1.807) is 12.1 Å². The maximum absolute atomic E-state index is 11.8. The molecule has 0 bridgehead atoms. The second-order valence-electron chi connectivity index (χ2n) is 5.82. The molecule has 132 valence electrons. The molecule has 0 spiro atoms. The minimum Gasteiger partial charge on any atom is -0.467 e. The monoisotopic (exact) mass is 342 g/mol. The summed E-state index contributed by atoms with van der Waals surface area (Å²) in [5.74, 6) is 1.40. The largest absolute Gasteiger partial charge is 0.467 e. The molecule has 25 heavy (non-hydrogen) atoms. The molecule has 0 aliphatic rings. The van der Waals surface area contributed by atoms with Gasteiger partial charge in [-0.25, -0.2) is 9.78 Å². The molecule has 1 aromatic carbocycles. The number of furan rings is 1. The van der Waals surface area contributed by atoms with Crippen LogP contribution in [-0.2, 0) is 6.54 Å². The molecular weight excluding hydrogens is 320 g/mol. The zero-order chi connectivity index (χ0) is 17.6. The third-order valence-electron chi connectivity index (χ3n) is 4.02. The number of imidazole rings is 1. The Morgan fingerprint density at radius 2 is 2.12 bits per heavy atom. The number of aryl methyl sites for hydroxylation is 2. The second kappa shape index (κ2) is 7.85. The molecule has 1 unspecified atom stereocenters. The van der Waals surface area contributed by atoms with Crippen LogP contribution in [0, 0.1) is 6.92 Å². The van der Waals surface area contributed by atoms with Gasteiger partial charge in [-0.2, -0.15) is 0 Å². The van der Waals surface area contributed by atoms with Crippen LogP contribution in [0.3, 0.4) is 0 Å². The van der Waals surface area contributed by atoms with Gasteiger partial charge in [0.15, 0.2) is 0 Å². The van der Waals surface area contributed by atoms with Gasteiger partial charge in [-0.05, 0) is 37.6 Å². The number of urea groups is 1. The number of carbonyl (C=O) groups excluding carboxylic acids is 1. The standard InChI is InChI=1S/C18H22N4O3/c1-13-21-14-6-2-3-7-15(14)22(13)10-5-9-19-18(24)20-12-16(23)17-8-4-11-25-17/h2-4,6-8,11,16,23H,5,9-10,12H2,1H3,(H2,19,20,24). The lowest BCUT2D eigenvalue weighted by molar-refractivity contribution is 0.148. The van der Waals surface area contributed by atoms with Gasteiger partial charge in [0.25, 0.3) is 0 Å². The molecule has 2 aromatic heterocycles. The molecule has 3 N–H and O–H groups in total. The maximum atomic E-state index is 11.8. The Balaban J connectivity index is 1.40. The number of carbonyl (C=O) groups is 1. The number of amides is 2. The molecule has 0 fully saturated rings. The predicted molar refractivity (Wildman–Crippen MR) is 94.2 cm³/mol. The number of aliphatic hydroxyl groups excluding tert-OH is 1. The minimum atomic E-state index is -0.847. The molecule has 0 saturated carbocycles. The lowest BCUT2D eigenvalue weighted by Crippen LogP contribution is -2.38. The molecule has 1 atom stereocenters. The first kappa shape index (κ1) is 17.0. The number of aromatic nitrogens is 2. The van der Waals surface area contributed by atoms with Gasteiger partial charge in [0, 0.05) is 13.1 Å². The fraction of sp³-hybridized carbons (Fsp3) is 0.333. The van der Waals surface area contributed by atoms with E-state index < -0.39 is 6.10 Å². The number of rotatable bonds is 7. The summed E-state index contributed by atoms with van der Waals surface area (Å²) < 4.78 is 7.23. The van der Waals surface area contributed by atoms with Crippen LogP contribution in [0.4, 0.5) is 4.79 Å². The number of nitrogens with one attached hydrogen (secondary N) is 2. The van der Waals surface area contributed by atoms with Crippen molar-refractivity contribution >= 4 is 17.1 Å². The topological polar surface area (TPSA) is 92.3 Å². The van der Waals surface area contributed by atoms with Crippen molar-refractivity contribution in [3.05, 3.63) is 54.2 Å². The lowest BCUT2D eigenvalue weighted by atomic mass is 10.3. The van der Waals surface area contributed by atoms with Crippen molar-refractivity contribution in [1.29, 1.82) is 0 Å². The van der Waals surface area contributed by atoms with Crippen molar-refractivity contribution in [3.8, 4) is 0 Å². The van der Waals surface area contributed by atoms with Crippen LogP contribution < -0.4 is 10.6 Å².